The van der Waals surface area contributed by atoms with Gasteiger partial charge in [0.15, 0.2) is 10.6 Å². The molecule has 7 heteroatoms. The number of nitrogens with zero attached hydrogens (tertiary/aromatic N) is 3. The molecule has 0 atom stereocenters. The molecule has 2 heterocycles. The molecule has 0 radical (unpaired) electrons. The van der Waals surface area contributed by atoms with Crippen molar-refractivity contribution in [2.45, 2.75) is 39.3 Å². The number of aromatic nitrogens is 3. The Morgan fingerprint density at radius 2 is 1.97 bits per heavy atom. The van der Waals surface area contributed by atoms with Gasteiger partial charge in [-0.1, -0.05) is 42.0 Å². The quantitative estimate of drug-likeness (QED) is 0.561. The predicted octanol–water partition coefficient (Wildman–Crippen LogP) is 4.22. The Morgan fingerprint density at radius 1 is 1.17 bits per heavy atom. The molecule has 1 amide bonds. The van der Waals surface area contributed by atoms with Gasteiger partial charge in [0.05, 0.1) is 0 Å². The minimum atomic E-state index is 0.00418. The molecule has 1 aliphatic rings. The molecule has 4 rings (SSSR count). The van der Waals surface area contributed by atoms with Crippen LogP contribution in [0.2, 0.25) is 0 Å². The minimum absolute atomic E-state index is 0.00418. The van der Waals surface area contributed by atoms with E-state index in [1.807, 2.05) is 35.8 Å². The van der Waals surface area contributed by atoms with Crippen molar-refractivity contribution in [1.29, 1.82) is 0 Å². The molecule has 0 saturated carbocycles. The summed E-state index contributed by atoms with van der Waals surface area (Å²) in [5, 5.41) is 10.3. The molecular weight excluding hydrogens is 394 g/mol. The van der Waals surface area contributed by atoms with Crippen LogP contribution in [0.15, 0.2) is 48.5 Å². The predicted molar refractivity (Wildman–Crippen MR) is 122 cm³/mol. The number of H-pyrrole nitrogens is 1. The van der Waals surface area contributed by atoms with Gasteiger partial charge in [0.25, 0.3) is 0 Å². The summed E-state index contributed by atoms with van der Waals surface area (Å²) < 4.78 is 2.42. The largest absolute Gasteiger partial charge is 0.371 e. The van der Waals surface area contributed by atoms with Gasteiger partial charge in [0.1, 0.15) is 0 Å². The summed E-state index contributed by atoms with van der Waals surface area (Å²) in [7, 11) is 0. The van der Waals surface area contributed by atoms with Crippen LogP contribution in [0.25, 0.3) is 11.4 Å². The third-order valence-electron chi connectivity index (χ3n) is 5.51. The van der Waals surface area contributed by atoms with E-state index in [1.54, 1.807) is 0 Å². The maximum absolute atomic E-state index is 12.6. The van der Waals surface area contributed by atoms with Gasteiger partial charge in [0.2, 0.25) is 5.91 Å². The summed E-state index contributed by atoms with van der Waals surface area (Å²) in [4.78, 5) is 15.0. The highest BCUT2D eigenvalue weighted by Crippen LogP contribution is 2.24. The lowest BCUT2D eigenvalue weighted by molar-refractivity contribution is -0.121. The van der Waals surface area contributed by atoms with Gasteiger partial charge < -0.3 is 10.2 Å². The summed E-state index contributed by atoms with van der Waals surface area (Å²) in [6.45, 7) is 5.24. The first-order valence-corrected chi connectivity index (χ1v) is 10.8. The van der Waals surface area contributed by atoms with Crippen LogP contribution in [0.5, 0.6) is 0 Å². The summed E-state index contributed by atoms with van der Waals surface area (Å²) in [5.41, 5.74) is 4.53. The number of anilines is 1. The zero-order chi connectivity index (χ0) is 20.9. The maximum atomic E-state index is 12.6. The molecule has 2 aromatic carbocycles. The van der Waals surface area contributed by atoms with Crippen LogP contribution in [0.3, 0.4) is 0 Å². The summed E-state index contributed by atoms with van der Waals surface area (Å²) in [6.07, 6.45) is 2.81. The SMILES string of the molecule is Cc1cccc(-c2n[nH]c(=S)n2CCC(=O)NCc2ccccc2N2CCCC2)c1. The van der Waals surface area contributed by atoms with E-state index in [9.17, 15) is 4.79 Å². The first-order valence-electron chi connectivity index (χ1n) is 10.4. The van der Waals surface area contributed by atoms with E-state index >= 15 is 0 Å². The molecular formula is C23H27N5OS. The van der Waals surface area contributed by atoms with Crippen molar-refractivity contribution in [1.82, 2.24) is 20.1 Å². The van der Waals surface area contributed by atoms with Crippen LogP contribution in [0.1, 0.15) is 30.4 Å². The van der Waals surface area contributed by atoms with Crippen LogP contribution in [-0.2, 0) is 17.9 Å². The molecule has 1 aliphatic heterocycles. The van der Waals surface area contributed by atoms with E-state index in [1.165, 1.54) is 18.5 Å². The van der Waals surface area contributed by atoms with Gasteiger partial charge in [0, 0.05) is 43.9 Å². The Balaban J connectivity index is 1.39. The minimum Gasteiger partial charge on any atom is -0.371 e. The van der Waals surface area contributed by atoms with E-state index < -0.39 is 0 Å². The Morgan fingerprint density at radius 3 is 2.77 bits per heavy atom. The van der Waals surface area contributed by atoms with E-state index in [0.29, 0.717) is 24.3 Å². The highest BCUT2D eigenvalue weighted by atomic mass is 32.1. The number of aryl methyl sites for hydroxylation is 1. The lowest BCUT2D eigenvalue weighted by Gasteiger charge is -2.21. The number of amides is 1. The van der Waals surface area contributed by atoms with E-state index in [0.717, 1.165) is 35.6 Å². The molecule has 1 aromatic heterocycles. The van der Waals surface area contributed by atoms with Crippen molar-refractivity contribution >= 4 is 23.8 Å². The van der Waals surface area contributed by atoms with E-state index in [2.05, 4.69) is 44.7 Å². The smallest absolute Gasteiger partial charge is 0.222 e. The number of rotatable bonds is 7. The Kier molecular flexibility index (Phi) is 6.28. The van der Waals surface area contributed by atoms with Crippen molar-refractivity contribution in [3.8, 4) is 11.4 Å². The highest BCUT2D eigenvalue weighted by molar-refractivity contribution is 7.71. The van der Waals surface area contributed by atoms with Crippen LogP contribution < -0.4 is 10.2 Å². The first-order chi connectivity index (χ1) is 14.6. The molecule has 1 saturated heterocycles. The molecule has 0 aliphatic carbocycles. The fourth-order valence-corrected chi connectivity index (χ4v) is 4.18. The van der Waals surface area contributed by atoms with Crippen molar-refractivity contribution < 1.29 is 4.79 Å². The van der Waals surface area contributed by atoms with Crippen LogP contribution in [0, 0.1) is 11.7 Å². The molecule has 30 heavy (non-hydrogen) atoms. The molecule has 3 aromatic rings. The number of carbonyl (C=O) groups excluding carboxylic acids is 1. The van der Waals surface area contributed by atoms with E-state index in [4.69, 9.17) is 12.2 Å². The number of aromatic amines is 1. The third-order valence-corrected chi connectivity index (χ3v) is 5.82. The average molecular weight is 422 g/mol. The van der Waals surface area contributed by atoms with E-state index in [-0.39, 0.29) is 5.91 Å². The standard InChI is InChI=1S/C23H27N5OS/c1-17-7-6-9-18(15-17)22-25-26-23(30)28(22)14-11-21(29)24-16-19-8-2-3-10-20(19)27-12-4-5-13-27/h2-3,6-10,15H,4-5,11-14,16H2,1H3,(H,24,29)(H,26,30). The molecule has 6 nitrogen and oxygen atoms in total. The zero-order valence-electron chi connectivity index (χ0n) is 17.2. The van der Waals surface area contributed by atoms with Crippen LogP contribution in [-0.4, -0.2) is 33.8 Å². The average Bonchev–Trinajstić information content (AvgIpc) is 3.41. The number of hydrogen-bond donors (Lipinski definition) is 2. The molecule has 0 unspecified atom stereocenters. The second-order valence-electron chi connectivity index (χ2n) is 7.72. The highest BCUT2D eigenvalue weighted by Gasteiger charge is 2.16. The Bertz CT molecular complexity index is 1080. The maximum Gasteiger partial charge on any atom is 0.222 e. The van der Waals surface area contributed by atoms with Gasteiger partial charge in [-0.2, -0.15) is 5.10 Å². The summed E-state index contributed by atoms with van der Waals surface area (Å²) in [5.74, 6) is 0.764. The van der Waals surface area contributed by atoms with Crippen molar-refractivity contribution in [3.63, 3.8) is 0 Å². The Hall–Kier alpha value is -2.93. The number of nitrogens with one attached hydrogen (secondary N) is 2. The fraction of sp³-hybridized carbons (Fsp3) is 0.348. The molecule has 0 bridgehead atoms. The van der Waals surface area contributed by atoms with Crippen molar-refractivity contribution in [3.05, 3.63) is 64.4 Å². The summed E-state index contributed by atoms with van der Waals surface area (Å²) in [6, 6.07) is 16.4. The summed E-state index contributed by atoms with van der Waals surface area (Å²) >= 11 is 5.38. The van der Waals surface area contributed by atoms with Gasteiger partial charge in [-0.15, -0.1) is 0 Å². The zero-order valence-corrected chi connectivity index (χ0v) is 18.0. The second kappa shape index (κ2) is 9.26. The van der Waals surface area contributed by atoms with Crippen molar-refractivity contribution in [2.24, 2.45) is 0 Å². The third kappa shape index (κ3) is 4.62. The first kappa shape index (κ1) is 20.3. The Labute approximate surface area is 181 Å². The number of carbonyl (C=O) groups is 1. The number of hydrogen-bond acceptors (Lipinski definition) is 4. The van der Waals surface area contributed by atoms with Gasteiger partial charge in [-0.25, -0.2) is 0 Å². The topological polar surface area (TPSA) is 66.0 Å². The molecule has 156 valence electrons. The lowest BCUT2D eigenvalue weighted by Crippen LogP contribution is -2.26. The van der Waals surface area contributed by atoms with Gasteiger partial charge >= 0.3 is 0 Å². The van der Waals surface area contributed by atoms with Crippen LogP contribution >= 0.6 is 12.2 Å². The molecule has 0 spiro atoms. The molecule has 2 N–H and O–H groups in total. The number of para-hydroxylation sites is 1. The van der Waals surface area contributed by atoms with Crippen molar-refractivity contribution in [2.75, 3.05) is 18.0 Å². The lowest BCUT2D eigenvalue weighted by atomic mass is 10.1. The number of benzene rings is 2. The monoisotopic (exact) mass is 421 g/mol. The fourth-order valence-electron chi connectivity index (χ4n) is 3.95. The normalized spacial score (nSPS) is 13.6. The second-order valence-corrected chi connectivity index (χ2v) is 8.11. The molecule has 1 fully saturated rings. The van der Waals surface area contributed by atoms with Gasteiger partial charge in [-0.3, -0.25) is 14.5 Å². The van der Waals surface area contributed by atoms with Crippen LogP contribution in [0.4, 0.5) is 5.69 Å². The van der Waals surface area contributed by atoms with Gasteiger partial charge in [-0.05, 0) is 49.7 Å².